The zero-order chi connectivity index (χ0) is 17.0. The Balaban J connectivity index is 2.00. The zero-order valence-electron chi connectivity index (χ0n) is 14.2. The largest absolute Gasteiger partial charge is 0.497 e. The molecule has 23 heavy (non-hydrogen) atoms. The Hall–Kier alpha value is -2.24. The third-order valence-corrected chi connectivity index (χ3v) is 3.66. The number of nitrogens with one attached hydrogen (secondary N) is 2. The van der Waals surface area contributed by atoms with E-state index in [0.717, 1.165) is 12.2 Å². The summed E-state index contributed by atoms with van der Waals surface area (Å²) in [6.45, 7) is 6.38. The lowest BCUT2D eigenvalue weighted by atomic mass is 10.1. The van der Waals surface area contributed by atoms with Gasteiger partial charge in [-0.3, -0.25) is 4.79 Å². The van der Waals surface area contributed by atoms with Crippen LogP contribution in [0.2, 0.25) is 0 Å². The predicted molar refractivity (Wildman–Crippen MR) is 89.6 cm³/mol. The quantitative estimate of drug-likeness (QED) is 0.899. The summed E-state index contributed by atoms with van der Waals surface area (Å²) in [7, 11) is 1.59. The molecule has 0 radical (unpaired) electrons. The Morgan fingerprint density at radius 1 is 1.22 bits per heavy atom. The Morgan fingerprint density at radius 3 is 2.43 bits per heavy atom. The highest BCUT2D eigenvalue weighted by Crippen LogP contribution is 2.21. The molecule has 1 aliphatic heterocycles. The number of anilines is 1. The maximum atomic E-state index is 12.5. The fraction of sp³-hybridized carbons (Fsp3) is 0.529. The van der Waals surface area contributed by atoms with Crippen molar-refractivity contribution in [3.05, 3.63) is 24.3 Å². The van der Waals surface area contributed by atoms with Gasteiger partial charge in [0.25, 0.3) is 0 Å². The molecule has 1 aliphatic rings. The van der Waals surface area contributed by atoms with Crippen molar-refractivity contribution in [2.45, 2.75) is 45.2 Å². The van der Waals surface area contributed by atoms with E-state index in [1.807, 2.05) is 20.8 Å². The first-order chi connectivity index (χ1) is 10.8. The van der Waals surface area contributed by atoms with Crippen LogP contribution in [0.3, 0.4) is 0 Å². The first-order valence-corrected chi connectivity index (χ1v) is 7.84. The van der Waals surface area contributed by atoms with E-state index in [0.29, 0.717) is 18.7 Å². The summed E-state index contributed by atoms with van der Waals surface area (Å²) in [4.78, 5) is 26.4. The molecule has 0 spiro atoms. The van der Waals surface area contributed by atoms with Gasteiger partial charge in [-0.15, -0.1) is 0 Å². The van der Waals surface area contributed by atoms with Gasteiger partial charge < -0.3 is 20.3 Å². The number of hydrogen-bond acceptors (Lipinski definition) is 3. The monoisotopic (exact) mass is 319 g/mol. The van der Waals surface area contributed by atoms with Crippen molar-refractivity contribution in [2.75, 3.05) is 19.0 Å². The van der Waals surface area contributed by atoms with Gasteiger partial charge in [0, 0.05) is 17.8 Å². The van der Waals surface area contributed by atoms with Crippen LogP contribution in [0.25, 0.3) is 0 Å². The molecule has 1 saturated heterocycles. The van der Waals surface area contributed by atoms with Crippen molar-refractivity contribution in [2.24, 2.45) is 0 Å². The van der Waals surface area contributed by atoms with Crippen LogP contribution in [0.15, 0.2) is 24.3 Å². The zero-order valence-corrected chi connectivity index (χ0v) is 14.2. The van der Waals surface area contributed by atoms with Gasteiger partial charge in [-0.2, -0.15) is 0 Å². The third kappa shape index (κ3) is 4.61. The SMILES string of the molecule is COc1ccc(NC(=O)N2CCCC2C(=O)NC(C)(C)C)cc1. The number of urea groups is 1. The van der Waals surface area contributed by atoms with Crippen LogP contribution in [0.1, 0.15) is 33.6 Å². The normalized spacial score (nSPS) is 17.7. The van der Waals surface area contributed by atoms with Crippen molar-refractivity contribution in [3.8, 4) is 5.75 Å². The highest BCUT2D eigenvalue weighted by atomic mass is 16.5. The van der Waals surface area contributed by atoms with Crippen molar-refractivity contribution < 1.29 is 14.3 Å². The lowest BCUT2D eigenvalue weighted by molar-refractivity contribution is -0.126. The molecule has 1 atom stereocenters. The summed E-state index contributed by atoms with van der Waals surface area (Å²) in [6.07, 6.45) is 1.52. The van der Waals surface area contributed by atoms with E-state index in [4.69, 9.17) is 4.74 Å². The van der Waals surface area contributed by atoms with Crippen molar-refractivity contribution in [1.82, 2.24) is 10.2 Å². The summed E-state index contributed by atoms with van der Waals surface area (Å²) >= 11 is 0. The molecule has 6 heteroatoms. The average molecular weight is 319 g/mol. The summed E-state index contributed by atoms with van der Waals surface area (Å²) in [5, 5.41) is 5.78. The standard InChI is InChI=1S/C17H25N3O3/c1-17(2,3)19-15(21)14-6-5-11-20(14)16(22)18-12-7-9-13(23-4)10-8-12/h7-10,14H,5-6,11H2,1-4H3,(H,18,22)(H,19,21). The maximum absolute atomic E-state index is 12.5. The maximum Gasteiger partial charge on any atom is 0.322 e. The number of carbonyl (C=O) groups is 2. The van der Waals surface area contributed by atoms with Gasteiger partial charge in [-0.1, -0.05) is 0 Å². The second kappa shape index (κ2) is 6.89. The van der Waals surface area contributed by atoms with E-state index < -0.39 is 6.04 Å². The van der Waals surface area contributed by atoms with Crippen LogP contribution in [0.5, 0.6) is 5.75 Å². The molecular formula is C17H25N3O3. The highest BCUT2D eigenvalue weighted by molar-refractivity contribution is 5.94. The van der Waals surface area contributed by atoms with Gasteiger partial charge in [-0.05, 0) is 57.9 Å². The van der Waals surface area contributed by atoms with E-state index in [2.05, 4.69) is 10.6 Å². The molecule has 2 rings (SSSR count). The first kappa shape index (κ1) is 17.1. The molecule has 6 nitrogen and oxygen atoms in total. The molecule has 0 saturated carbocycles. The number of likely N-dealkylation sites (tertiary alicyclic amines) is 1. The number of hydrogen-bond donors (Lipinski definition) is 2. The molecule has 3 amide bonds. The first-order valence-electron chi connectivity index (χ1n) is 7.84. The minimum absolute atomic E-state index is 0.0973. The third-order valence-electron chi connectivity index (χ3n) is 3.66. The number of benzene rings is 1. The molecular weight excluding hydrogens is 294 g/mol. The fourth-order valence-electron chi connectivity index (χ4n) is 2.60. The van der Waals surface area contributed by atoms with Gasteiger partial charge in [-0.25, -0.2) is 4.79 Å². The van der Waals surface area contributed by atoms with Gasteiger partial charge in [0.05, 0.1) is 7.11 Å². The van der Waals surface area contributed by atoms with Crippen LogP contribution in [0.4, 0.5) is 10.5 Å². The highest BCUT2D eigenvalue weighted by Gasteiger charge is 2.35. The summed E-state index contributed by atoms with van der Waals surface area (Å²) in [6, 6.07) is 6.45. The van der Waals surface area contributed by atoms with Crippen molar-refractivity contribution >= 4 is 17.6 Å². The Bertz CT molecular complexity index is 563. The van der Waals surface area contributed by atoms with E-state index in [1.54, 1.807) is 36.3 Å². The summed E-state index contributed by atoms with van der Waals surface area (Å²) in [5.41, 5.74) is 0.371. The number of amides is 3. The topological polar surface area (TPSA) is 70.7 Å². The minimum atomic E-state index is -0.410. The van der Waals surface area contributed by atoms with E-state index >= 15 is 0 Å². The summed E-state index contributed by atoms with van der Waals surface area (Å²) in [5.74, 6) is 0.631. The van der Waals surface area contributed by atoms with Crippen LogP contribution < -0.4 is 15.4 Å². The van der Waals surface area contributed by atoms with Crippen molar-refractivity contribution in [3.63, 3.8) is 0 Å². The molecule has 1 fully saturated rings. The smallest absolute Gasteiger partial charge is 0.322 e. The molecule has 1 heterocycles. The lowest BCUT2D eigenvalue weighted by Crippen LogP contribution is -2.52. The minimum Gasteiger partial charge on any atom is -0.497 e. The van der Waals surface area contributed by atoms with Crippen LogP contribution in [0, 0.1) is 0 Å². The molecule has 0 aromatic heterocycles. The Morgan fingerprint density at radius 2 is 1.87 bits per heavy atom. The molecule has 126 valence electrons. The van der Waals surface area contributed by atoms with E-state index in [-0.39, 0.29) is 17.5 Å². The molecule has 2 N–H and O–H groups in total. The Labute approximate surface area is 137 Å². The lowest BCUT2D eigenvalue weighted by Gasteiger charge is -2.28. The number of nitrogens with zero attached hydrogens (tertiary/aromatic N) is 1. The van der Waals surface area contributed by atoms with Gasteiger partial charge in [0.2, 0.25) is 5.91 Å². The summed E-state index contributed by atoms with van der Waals surface area (Å²) < 4.78 is 5.09. The molecule has 1 unspecified atom stereocenters. The molecule has 1 aromatic rings. The Kier molecular flexibility index (Phi) is 5.13. The molecule has 0 aliphatic carbocycles. The van der Waals surface area contributed by atoms with Crippen LogP contribution in [-0.2, 0) is 4.79 Å². The molecule has 1 aromatic carbocycles. The van der Waals surface area contributed by atoms with E-state index in [1.165, 1.54) is 0 Å². The van der Waals surface area contributed by atoms with Crippen LogP contribution in [-0.4, -0.2) is 42.1 Å². The van der Waals surface area contributed by atoms with E-state index in [9.17, 15) is 9.59 Å². The second-order valence-electron chi connectivity index (χ2n) is 6.75. The van der Waals surface area contributed by atoms with Gasteiger partial charge in [0.1, 0.15) is 11.8 Å². The van der Waals surface area contributed by atoms with Gasteiger partial charge >= 0.3 is 6.03 Å². The predicted octanol–water partition coefficient (Wildman–Crippen LogP) is 2.61. The van der Waals surface area contributed by atoms with Gasteiger partial charge in [0.15, 0.2) is 0 Å². The number of rotatable bonds is 3. The number of ether oxygens (including phenoxy) is 1. The second-order valence-corrected chi connectivity index (χ2v) is 6.75. The van der Waals surface area contributed by atoms with Crippen LogP contribution >= 0.6 is 0 Å². The molecule has 0 bridgehead atoms. The number of methoxy groups -OCH3 is 1. The average Bonchev–Trinajstić information content (AvgIpc) is 2.96. The van der Waals surface area contributed by atoms with Crippen molar-refractivity contribution in [1.29, 1.82) is 0 Å². The number of carbonyl (C=O) groups excluding carboxylic acids is 2. The fourth-order valence-corrected chi connectivity index (χ4v) is 2.60.